The molecule has 0 spiro atoms. The van der Waals surface area contributed by atoms with Gasteiger partial charge in [0, 0.05) is 11.6 Å². The van der Waals surface area contributed by atoms with Crippen LogP contribution in [0.1, 0.15) is 36.7 Å². The van der Waals surface area contributed by atoms with E-state index in [0.29, 0.717) is 27.8 Å². The van der Waals surface area contributed by atoms with Gasteiger partial charge in [0.1, 0.15) is 22.4 Å². The maximum Gasteiger partial charge on any atom is 0.342 e. The van der Waals surface area contributed by atoms with E-state index < -0.39 is 11.6 Å². The summed E-state index contributed by atoms with van der Waals surface area (Å²) in [4.78, 5) is 16.3. The van der Waals surface area contributed by atoms with Gasteiger partial charge in [0.25, 0.3) is 0 Å². The van der Waals surface area contributed by atoms with Gasteiger partial charge >= 0.3 is 5.97 Å². The van der Waals surface area contributed by atoms with Crippen molar-refractivity contribution in [1.29, 1.82) is 5.26 Å². The maximum atomic E-state index is 12.1. The van der Waals surface area contributed by atoms with Gasteiger partial charge in [-0.1, -0.05) is 6.07 Å². The molecule has 1 heterocycles. The van der Waals surface area contributed by atoms with Gasteiger partial charge in [0.05, 0.1) is 11.6 Å². The van der Waals surface area contributed by atoms with Crippen LogP contribution in [-0.2, 0) is 4.74 Å². The molecule has 1 N–H and O–H groups in total. The smallest absolute Gasteiger partial charge is 0.342 e. The van der Waals surface area contributed by atoms with Crippen LogP contribution in [0, 0.1) is 11.3 Å². The number of carbonyl (C=O) groups excluding carboxylic acids is 1. The minimum atomic E-state index is -0.657. The number of ether oxygens (including phenoxy) is 1. The Kier molecular flexibility index (Phi) is 3.93. The van der Waals surface area contributed by atoms with Crippen LogP contribution in [0.2, 0.25) is 0 Å². The first-order valence-electron chi connectivity index (χ1n) is 7.62. The van der Waals surface area contributed by atoms with Gasteiger partial charge in [-0.2, -0.15) is 5.26 Å². The lowest BCUT2D eigenvalue weighted by atomic mass is 10.00. The topological polar surface area (TPSA) is 96.4 Å². The van der Waals surface area contributed by atoms with Gasteiger partial charge in [-0.3, -0.25) is 0 Å². The number of esters is 1. The molecule has 0 fully saturated rings. The number of hydrogen-bond acceptors (Lipinski definition) is 6. The normalized spacial score (nSPS) is 11.3. The first-order valence-corrected chi connectivity index (χ1v) is 7.62. The standard InChI is InChI=1S/C19H16N2O4/c1-19(2,3)25-18(23)13-5-4-12(8-15(13)22)14-6-11(9-20)7-16-17(14)21-10-24-16/h4-8,10,22H,1-3H3. The molecule has 0 radical (unpaired) electrons. The van der Waals surface area contributed by atoms with E-state index in [1.54, 1.807) is 39.0 Å². The summed E-state index contributed by atoms with van der Waals surface area (Å²) in [5.41, 5.74) is 2.13. The molecule has 25 heavy (non-hydrogen) atoms. The van der Waals surface area contributed by atoms with E-state index in [-0.39, 0.29) is 11.3 Å². The summed E-state index contributed by atoms with van der Waals surface area (Å²) in [6, 6.07) is 9.93. The van der Waals surface area contributed by atoms with Crippen molar-refractivity contribution in [2.75, 3.05) is 0 Å². The Balaban J connectivity index is 2.06. The molecule has 6 nitrogen and oxygen atoms in total. The van der Waals surface area contributed by atoms with E-state index in [2.05, 4.69) is 11.1 Å². The fraction of sp³-hybridized carbons (Fsp3) is 0.211. The Labute approximate surface area is 144 Å². The third-order valence-corrected chi connectivity index (χ3v) is 3.49. The number of phenolic OH excluding ortho intramolecular Hbond substituents is 1. The summed E-state index contributed by atoms with van der Waals surface area (Å²) in [5.74, 6) is -0.806. The summed E-state index contributed by atoms with van der Waals surface area (Å²) in [5, 5.41) is 19.4. The minimum Gasteiger partial charge on any atom is -0.507 e. The molecule has 6 heteroatoms. The Hall–Kier alpha value is -3.33. The van der Waals surface area contributed by atoms with Crippen molar-refractivity contribution in [2.45, 2.75) is 26.4 Å². The Morgan fingerprint density at radius 1 is 1.28 bits per heavy atom. The molecule has 0 aliphatic carbocycles. The molecule has 0 amide bonds. The maximum absolute atomic E-state index is 12.1. The van der Waals surface area contributed by atoms with E-state index in [4.69, 9.17) is 14.4 Å². The highest BCUT2D eigenvalue weighted by molar-refractivity contribution is 5.96. The Morgan fingerprint density at radius 3 is 2.68 bits per heavy atom. The van der Waals surface area contributed by atoms with Crippen molar-refractivity contribution < 1.29 is 19.1 Å². The number of fused-ring (bicyclic) bond motifs is 1. The molecule has 0 unspecified atom stereocenters. The van der Waals surface area contributed by atoms with Gasteiger partial charge in [0.15, 0.2) is 12.0 Å². The molecule has 3 aromatic rings. The van der Waals surface area contributed by atoms with Crippen molar-refractivity contribution in [1.82, 2.24) is 4.98 Å². The lowest BCUT2D eigenvalue weighted by Gasteiger charge is -2.20. The molecular weight excluding hydrogens is 320 g/mol. The fourth-order valence-electron chi connectivity index (χ4n) is 2.46. The van der Waals surface area contributed by atoms with Crippen LogP contribution >= 0.6 is 0 Å². The summed E-state index contributed by atoms with van der Waals surface area (Å²) in [7, 11) is 0. The number of rotatable bonds is 2. The van der Waals surface area contributed by atoms with Gasteiger partial charge < -0.3 is 14.3 Å². The number of nitriles is 1. The summed E-state index contributed by atoms with van der Waals surface area (Å²) < 4.78 is 10.5. The molecule has 0 aliphatic rings. The quantitative estimate of drug-likeness (QED) is 0.710. The zero-order chi connectivity index (χ0) is 18.2. The van der Waals surface area contributed by atoms with Crippen molar-refractivity contribution in [3.8, 4) is 22.9 Å². The second kappa shape index (κ2) is 5.95. The predicted octanol–water partition coefficient (Wildman–Crippen LogP) is 4.03. The van der Waals surface area contributed by atoms with E-state index >= 15 is 0 Å². The first-order chi connectivity index (χ1) is 11.8. The van der Waals surface area contributed by atoms with Gasteiger partial charge in [0.2, 0.25) is 0 Å². The van der Waals surface area contributed by atoms with Crippen LogP contribution in [0.4, 0.5) is 0 Å². The number of nitrogens with zero attached hydrogens (tertiary/aromatic N) is 2. The number of aromatic hydroxyl groups is 1. The fourth-order valence-corrected chi connectivity index (χ4v) is 2.46. The number of aromatic nitrogens is 1. The average Bonchev–Trinajstić information content (AvgIpc) is 3.00. The molecule has 0 saturated carbocycles. The lowest BCUT2D eigenvalue weighted by molar-refractivity contribution is 0.00668. The number of phenols is 1. The van der Waals surface area contributed by atoms with Crippen LogP contribution in [0.3, 0.4) is 0 Å². The third kappa shape index (κ3) is 3.31. The minimum absolute atomic E-state index is 0.0755. The predicted molar refractivity (Wildman–Crippen MR) is 91.0 cm³/mol. The van der Waals surface area contributed by atoms with Crippen LogP contribution < -0.4 is 0 Å². The van der Waals surface area contributed by atoms with E-state index in [1.807, 2.05) is 0 Å². The highest BCUT2D eigenvalue weighted by Gasteiger charge is 2.21. The highest BCUT2D eigenvalue weighted by Crippen LogP contribution is 2.33. The summed E-state index contributed by atoms with van der Waals surface area (Å²) >= 11 is 0. The zero-order valence-corrected chi connectivity index (χ0v) is 14.0. The van der Waals surface area contributed by atoms with Gasteiger partial charge in [-0.25, -0.2) is 9.78 Å². The average molecular weight is 336 g/mol. The number of oxazole rings is 1. The van der Waals surface area contributed by atoms with Crippen LogP contribution in [0.5, 0.6) is 5.75 Å². The largest absolute Gasteiger partial charge is 0.507 e. The molecule has 0 aliphatic heterocycles. The Bertz CT molecular complexity index is 1010. The molecule has 0 saturated heterocycles. The second-order valence-corrected chi connectivity index (χ2v) is 6.57. The first kappa shape index (κ1) is 16.5. The molecule has 0 bridgehead atoms. The van der Waals surface area contributed by atoms with Crippen LogP contribution in [0.25, 0.3) is 22.2 Å². The number of benzene rings is 2. The van der Waals surface area contributed by atoms with Gasteiger partial charge in [-0.05, 0) is 44.5 Å². The Morgan fingerprint density at radius 2 is 2.04 bits per heavy atom. The number of carbonyl (C=O) groups is 1. The molecule has 126 valence electrons. The van der Waals surface area contributed by atoms with Crippen molar-refractivity contribution in [3.05, 3.63) is 47.9 Å². The van der Waals surface area contributed by atoms with E-state index in [9.17, 15) is 9.90 Å². The summed E-state index contributed by atoms with van der Waals surface area (Å²) in [6.45, 7) is 5.26. The second-order valence-electron chi connectivity index (χ2n) is 6.57. The zero-order valence-electron chi connectivity index (χ0n) is 14.0. The third-order valence-electron chi connectivity index (χ3n) is 3.49. The van der Waals surface area contributed by atoms with E-state index in [1.165, 1.54) is 18.5 Å². The van der Waals surface area contributed by atoms with Crippen molar-refractivity contribution in [2.24, 2.45) is 0 Å². The molecular formula is C19H16N2O4. The van der Waals surface area contributed by atoms with Crippen molar-refractivity contribution in [3.63, 3.8) is 0 Å². The molecule has 0 atom stereocenters. The molecule has 1 aromatic heterocycles. The van der Waals surface area contributed by atoms with Crippen molar-refractivity contribution >= 4 is 17.1 Å². The lowest BCUT2D eigenvalue weighted by Crippen LogP contribution is -2.23. The summed E-state index contributed by atoms with van der Waals surface area (Å²) in [6.07, 6.45) is 1.30. The molecule has 2 aromatic carbocycles. The van der Waals surface area contributed by atoms with Gasteiger partial charge in [-0.15, -0.1) is 0 Å². The van der Waals surface area contributed by atoms with E-state index in [0.717, 1.165) is 0 Å². The molecule has 3 rings (SSSR count). The highest BCUT2D eigenvalue weighted by atomic mass is 16.6. The van der Waals surface area contributed by atoms with Crippen LogP contribution in [-0.4, -0.2) is 21.7 Å². The monoisotopic (exact) mass is 336 g/mol. The number of hydrogen-bond donors (Lipinski definition) is 1. The SMILES string of the molecule is CC(C)(C)OC(=O)c1ccc(-c2cc(C#N)cc3ocnc23)cc1O. The van der Waals surface area contributed by atoms with Crippen LogP contribution in [0.15, 0.2) is 41.1 Å².